The van der Waals surface area contributed by atoms with Crippen LogP contribution in [0.25, 0.3) is 0 Å². The summed E-state index contributed by atoms with van der Waals surface area (Å²) in [5.41, 5.74) is 1.53. The first kappa shape index (κ1) is 27.3. The Labute approximate surface area is 219 Å². The zero-order valence-electron chi connectivity index (χ0n) is 22.6. The summed E-state index contributed by atoms with van der Waals surface area (Å²) in [5, 5.41) is 10.4. The Hall–Kier alpha value is -2.71. The molecule has 3 heterocycles. The van der Waals surface area contributed by atoms with Gasteiger partial charge in [0.15, 0.2) is 0 Å². The number of fused-ring (bicyclic) bond motifs is 1. The van der Waals surface area contributed by atoms with Crippen LogP contribution in [0.3, 0.4) is 0 Å². The van der Waals surface area contributed by atoms with E-state index >= 15 is 0 Å². The van der Waals surface area contributed by atoms with Gasteiger partial charge >= 0.3 is 5.97 Å². The number of aliphatic hydroxyl groups excluding tert-OH is 1. The predicted octanol–water partition coefficient (Wildman–Crippen LogP) is 3.17. The number of rotatable bonds is 10. The molecule has 8 nitrogen and oxygen atoms in total. The average molecular weight is 513 g/mol. The number of esters is 1. The number of anilines is 1. The second kappa shape index (κ2) is 10.6. The van der Waals surface area contributed by atoms with Crippen molar-refractivity contribution in [3.63, 3.8) is 0 Å². The van der Waals surface area contributed by atoms with Gasteiger partial charge in [-0.05, 0) is 63.1 Å². The molecule has 2 amide bonds. The highest BCUT2D eigenvalue weighted by Crippen LogP contribution is 2.59. The lowest BCUT2D eigenvalue weighted by Gasteiger charge is -2.40. The lowest BCUT2D eigenvalue weighted by Crippen LogP contribution is -2.59. The SMILES string of the molecule is C=CCN(C(=O)[C@H]1N([C@@H](CO)CC(C)C)C(=O)[C@@H]2[C@@H](C(=O)OCC)[C@H]3CC[C@]21O3)c1cc(C)ccc1C. The van der Waals surface area contributed by atoms with E-state index in [4.69, 9.17) is 9.47 Å². The van der Waals surface area contributed by atoms with Gasteiger partial charge in [-0.15, -0.1) is 6.58 Å². The van der Waals surface area contributed by atoms with E-state index in [0.29, 0.717) is 19.3 Å². The number of likely N-dealkylation sites (tertiary alicyclic amines) is 1. The summed E-state index contributed by atoms with van der Waals surface area (Å²) >= 11 is 0. The monoisotopic (exact) mass is 512 g/mol. The summed E-state index contributed by atoms with van der Waals surface area (Å²) < 4.78 is 11.8. The van der Waals surface area contributed by atoms with Crippen LogP contribution in [0.2, 0.25) is 0 Å². The van der Waals surface area contributed by atoms with Crippen LogP contribution in [0.5, 0.6) is 0 Å². The number of hydrogen-bond donors (Lipinski definition) is 1. The zero-order valence-corrected chi connectivity index (χ0v) is 22.6. The molecule has 37 heavy (non-hydrogen) atoms. The van der Waals surface area contributed by atoms with Gasteiger partial charge in [-0.1, -0.05) is 32.1 Å². The maximum Gasteiger partial charge on any atom is 0.312 e. The molecule has 0 aromatic heterocycles. The summed E-state index contributed by atoms with van der Waals surface area (Å²) in [6.45, 7) is 13.7. The lowest BCUT2D eigenvalue weighted by atomic mass is 9.70. The second-order valence-corrected chi connectivity index (χ2v) is 11.0. The van der Waals surface area contributed by atoms with Crippen LogP contribution in [-0.2, 0) is 23.9 Å². The first-order valence-electron chi connectivity index (χ1n) is 13.4. The van der Waals surface area contributed by atoms with E-state index in [1.54, 1.807) is 22.8 Å². The van der Waals surface area contributed by atoms with Crippen molar-refractivity contribution < 1.29 is 29.0 Å². The van der Waals surface area contributed by atoms with Crippen LogP contribution >= 0.6 is 0 Å². The van der Waals surface area contributed by atoms with Gasteiger partial charge in [-0.25, -0.2) is 0 Å². The summed E-state index contributed by atoms with van der Waals surface area (Å²) in [5.74, 6) is -2.44. The Kier molecular flexibility index (Phi) is 7.81. The largest absolute Gasteiger partial charge is 0.466 e. The Balaban J connectivity index is 1.85. The van der Waals surface area contributed by atoms with Gasteiger partial charge in [-0.2, -0.15) is 0 Å². The lowest BCUT2D eigenvalue weighted by molar-refractivity contribution is -0.155. The van der Waals surface area contributed by atoms with Gasteiger partial charge in [0.1, 0.15) is 11.6 Å². The zero-order chi connectivity index (χ0) is 27.1. The number of aryl methyl sites for hydroxylation is 2. The van der Waals surface area contributed by atoms with Crippen LogP contribution in [0, 0.1) is 31.6 Å². The number of amides is 2. The standard InChI is InChI=1S/C29H40N2O6/c1-7-13-30(21-15-18(5)9-10-19(21)6)27(34)25-29-12-11-22(37-29)23(28(35)36-8-2)24(29)26(33)31(25)20(16-32)14-17(3)4/h7,9-10,15,17,20,22-25,32H,1,8,11-14,16H2,2-6H3/t20-,22-,23+,24+,25-,29+/m1/s1. The summed E-state index contributed by atoms with van der Waals surface area (Å²) in [6, 6.07) is 4.38. The molecule has 1 aromatic carbocycles. The van der Waals surface area contributed by atoms with Crippen molar-refractivity contribution in [2.75, 3.05) is 24.7 Å². The molecular formula is C29H40N2O6. The van der Waals surface area contributed by atoms with E-state index in [2.05, 4.69) is 6.58 Å². The van der Waals surface area contributed by atoms with E-state index in [1.807, 2.05) is 45.9 Å². The van der Waals surface area contributed by atoms with Crippen LogP contribution in [-0.4, -0.2) is 71.3 Å². The third-order valence-electron chi connectivity index (χ3n) is 8.11. The third kappa shape index (κ3) is 4.48. The minimum atomic E-state index is -1.14. The molecule has 1 aromatic rings. The van der Waals surface area contributed by atoms with Crippen molar-refractivity contribution in [2.24, 2.45) is 17.8 Å². The summed E-state index contributed by atoms with van der Waals surface area (Å²) in [4.78, 5) is 45.0. The van der Waals surface area contributed by atoms with Crippen LogP contribution in [0.1, 0.15) is 51.2 Å². The molecule has 0 unspecified atom stereocenters. The molecule has 0 saturated carbocycles. The molecular weight excluding hydrogens is 472 g/mol. The van der Waals surface area contributed by atoms with Gasteiger partial charge in [-0.3, -0.25) is 14.4 Å². The average Bonchev–Trinajstić information content (AvgIpc) is 3.49. The molecule has 1 N–H and O–H groups in total. The molecule has 0 aliphatic carbocycles. The maximum atomic E-state index is 14.6. The molecule has 8 heteroatoms. The number of carbonyl (C=O) groups excluding carboxylic acids is 3. The van der Waals surface area contributed by atoms with E-state index in [1.165, 1.54) is 0 Å². The fraction of sp³-hybridized carbons (Fsp3) is 0.621. The van der Waals surface area contributed by atoms with Gasteiger partial charge in [0.25, 0.3) is 5.91 Å². The van der Waals surface area contributed by atoms with Crippen molar-refractivity contribution in [1.29, 1.82) is 0 Å². The Morgan fingerprint density at radius 2 is 2.08 bits per heavy atom. The Morgan fingerprint density at radius 1 is 1.35 bits per heavy atom. The molecule has 3 saturated heterocycles. The quantitative estimate of drug-likeness (QED) is 0.382. The first-order valence-corrected chi connectivity index (χ1v) is 13.4. The number of nitrogens with zero attached hydrogens (tertiary/aromatic N) is 2. The molecule has 2 bridgehead atoms. The predicted molar refractivity (Wildman–Crippen MR) is 140 cm³/mol. The van der Waals surface area contributed by atoms with Crippen LogP contribution < -0.4 is 4.90 Å². The number of aliphatic hydroxyl groups is 1. The normalized spacial score (nSPS) is 28.9. The van der Waals surface area contributed by atoms with Gasteiger partial charge in [0.2, 0.25) is 5.91 Å². The number of ether oxygens (including phenoxy) is 2. The number of benzene rings is 1. The van der Waals surface area contributed by atoms with E-state index in [0.717, 1.165) is 16.8 Å². The van der Waals surface area contributed by atoms with Gasteiger partial charge < -0.3 is 24.4 Å². The first-order chi connectivity index (χ1) is 17.6. The second-order valence-electron chi connectivity index (χ2n) is 11.0. The van der Waals surface area contributed by atoms with Crippen LogP contribution in [0.15, 0.2) is 30.9 Å². The van der Waals surface area contributed by atoms with E-state index in [9.17, 15) is 19.5 Å². The molecule has 202 valence electrons. The number of carbonyl (C=O) groups is 3. The van der Waals surface area contributed by atoms with Gasteiger partial charge in [0.05, 0.1) is 37.2 Å². The Bertz CT molecular complexity index is 1070. The summed E-state index contributed by atoms with van der Waals surface area (Å²) in [7, 11) is 0. The van der Waals surface area contributed by atoms with Crippen molar-refractivity contribution >= 4 is 23.5 Å². The van der Waals surface area contributed by atoms with E-state index in [-0.39, 0.29) is 37.5 Å². The third-order valence-corrected chi connectivity index (χ3v) is 8.11. The van der Waals surface area contributed by atoms with Crippen LogP contribution in [0.4, 0.5) is 5.69 Å². The minimum Gasteiger partial charge on any atom is -0.466 e. The summed E-state index contributed by atoms with van der Waals surface area (Å²) in [6.07, 6.45) is 2.79. The molecule has 1 spiro atoms. The highest BCUT2D eigenvalue weighted by molar-refractivity contribution is 6.05. The molecule has 4 rings (SSSR count). The highest BCUT2D eigenvalue weighted by Gasteiger charge is 2.75. The fourth-order valence-corrected chi connectivity index (χ4v) is 6.68. The smallest absolute Gasteiger partial charge is 0.312 e. The molecule has 0 radical (unpaired) electrons. The fourth-order valence-electron chi connectivity index (χ4n) is 6.68. The molecule has 3 fully saturated rings. The molecule has 6 atom stereocenters. The Morgan fingerprint density at radius 3 is 2.70 bits per heavy atom. The van der Waals surface area contributed by atoms with Gasteiger partial charge in [0, 0.05) is 12.2 Å². The number of hydrogen-bond acceptors (Lipinski definition) is 6. The minimum absolute atomic E-state index is 0.181. The molecule has 3 aliphatic rings. The van der Waals surface area contributed by atoms with Crippen molar-refractivity contribution in [3.8, 4) is 0 Å². The maximum absolute atomic E-state index is 14.6. The van der Waals surface area contributed by atoms with Crippen molar-refractivity contribution in [1.82, 2.24) is 4.90 Å². The topological polar surface area (TPSA) is 96.4 Å². The molecule has 3 aliphatic heterocycles. The van der Waals surface area contributed by atoms with Crippen molar-refractivity contribution in [2.45, 2.75) is 77.7 Å². The highest BCUT2D eigenvalue weighted by atomic mass is 16.6. The van der Waals surface area contributed by atoms with Crippen molar-refractivity contribution in [3.05, 3.63) is 42.0 Å². The van der Waals surface area contributed by atoms with E-state index < -0.39 is 41.6 Å².